The first-order valence-corrected chi connectivity index (χ1v) is 6.30. The van der Waals surface area contributed by atoms with E-state index in [1.807, 2.05) is 39.0 Å². The topological polar surface area (TPSA) is 55.4 Å². The van der Waals surface area contributed by atoms with Crippen LogP contribution in [-0.2, 0) is 16.1 Å². The van der Waals surface area contributed by atoms with Gasteiger partial charge in [0.25, 0.3) is 0 Å². The largest absolute Gasteiger partial charge is 0.459 e. The Morgan fingerprint density at radius 1 is 1.26 bits per heavy atom. The molecule has 0 bridgehead atoms. The summed E-state index contributed by atoms with van der Waals surface area (Å²) in [6, 6.07) is 7.35. The maximum Gasteiger partial charge on any atom is 0.320 e. The molecular formula is C15H21NO3. The normalized spacial score (nSPS) is 11.2. The molecule has 1 N–H and O–H groups in total. The number of Topliss-reactive ketones (excluding diaryl/α,β-unsaturated/α-hetero) is 1. The van der Waals surface area contributed by atoms with Gasteiger partial charge < -0.3 is 10.1 Å². The fourth-order valence-electron chi connectivity index (χ4n) is 1.59. The van der Waals surface area contributed by atoms with E-state index in [0.29, 0.717) is 12.1 Å². The highest BCUT2D eigenvalue weighted by Crippen LogP contribution is 2.07. The molecule has 0 aliphatic carbocycles. The second-order valence-electron chi connectivity index (χ2n) is 5.45. The van der Waals surface area contributed by atoms with E-state index in [4.69, 9.17) is 4.74 Å². The predicted octanol–water partition coefficient (Wildman–Crippen LogP) is 2.32. The minimum atomic E-state index is -0.465. The molecule has 0 aliphatic heterocycles. The molecule has 104 valence electrons. The Hall–Kier alpha value is -1.68. The molecule has 1 aromatic rings. The Kier molecular flexibility index (Phi) is 5.24. The van der Waals surface area contributed by atoms with Crippen LogP contribution >= 0.6 is 0 Å². The summed E-state index contributed by atoms with van der Waals surface area (Å²) in [4.78, 5) is 22.7. The molecule has 19 heavy (non-hydrogen) atoms. The van der Waals surface area contributed by atoms with Crippen LogP contribution in [0.3, 0.4) is 0 Å². The van der Waals surface area contributed by atoms with E-state index in [9.17, 15) is 9.59 Å². The molecule has 1 rings (SSSR count). The van der Waals surface area contributed by atoms with Crippen molar-refractivity contribution in [3.63, 3.8) is 0 Å². The zero-order valence-corrected chi connectivity index (χ0v) is 11.9. The molecule has 0 saturated heterocycles. The molecule has 0 heterocycles. The lowest BCUT2D eigenvalue weighted by Crippen LogP contribution is -2.31. The summed E-state index contributed by atoms with van der Waals surface area (Å²) in [6.07, 6.45) is 0. The zero-order valence-electron chi connectivity index (χ0n) is 11.9. The number of rotatable bonds is 5. The lowest BCUT2D eigenvalue weighted by atomic mass is 10.1. The highest BCUT2D eigenvalue weighted by Gasteiger charge is 2.15. The van der Waals surface area contributed by atoms with Crippen molar-refractivity contribution in [3.8, 4) is 0 Å². The first-order chi connectivity index (χ1) is 8.78. The van der Waals surface area contributed by atoms with E-state index in [0.717, 1.165) is 5.56 Å². The predicted molar refractivity (Wildman–Crippen MR) is 74.0 cm³/mol. The summed E-state index contributed by atoms with van der Waals surface area (Å²) < 4.78 is 5.18. The van der Waals surface area contributed by atoms with Gasteiger partial charge in [0.1, 0.15) is 5.60 Å². The first-order valence-electron chi connectivity index (χ1n) is 6.30. The van der Waals surface area contributed by atoms with Gasteiger partial charge in [0.05, 0.1) is 6.54 Å². The van der Waals surface area contributed by atoms with Crippen molar-refractivity contribution in [2.45, 2.75) is 39.8 Å². The summed E-state index contributed by atoms with van der Waals surface area (Å²) in [5.74, 6) is -0.246. The maximum absolute atomic E-state index is 11.5. The SMILES string of the molecule is CC(=O)c1cccc(CNCC(=O)OC(C)(C)C)c1. The van der Waals surface area contributed by atoms with Gasteiger partial charge in [-0.15, -0.1) is 0 Å². The number of esters is 1. The Morgan fingerprint density at radius 3 is 2.53 bits per heavy atom. The smallest absolute Gasteiger partial charge is 0.320 e. The zero-order chi connectivity index (χ0) is 14.5. The van der Waals surface area contributed by atoms with Gasteiger partial charge in [-0.2, -0.15) is 0 Å². The van der Waals surface area contributed by atoms with E-state index in [2.05, 4.69) is 5.32 Å². The van der Waals surface area contributed by atoms with Crippen LogP contribution in [0.2, 0.25) is 0 Å². The van der Waals surface area contributed by atoms with Gasteiger partial charge in [-0.25, -0.2) is 0 Å². The van der Waals surface area contributed by atoms with E-state index in [1.54, 1.807) is 6.07 Å². The summed E-state index contributed by atoms with van der Waals surface area (Å²) in [5, 5.41) is 3.00. The standard InChI is InChI=1S/C15H21NO3/c1-11(17)13-7-5-6-12(8-13)9-16-10-14(18)19-15(2,3)4/h5-8,16H,9-10H2,1-4H3. The number of hydrogen-bond acceptors (Lipinski definition) is 4. The fourth-order valence-corrected chi connectivity index (χ4v) is 1.59. The average Bonchev–Trinajstić information content (AvgIpc) is 2.27. The van der Waals surface area contributed by atoms with Crippen molar-refractivity contribution >= 4 is 11.8 Å². The third-order valence-electron chi connectivity index (χ3n) is 2.35. The monoisotopic (exact) mass is 263 g/mol. The number of ketones is 1. The molecule has 0 amide bonds. The molecule has 1 aromatic carbocycles. The Bertz CT molecular complexity index is 461. The van der Waals surface area contributed by atoms with Gasteiger partial charge in [0.15, 0.2) is 5.78 Å². The van der Waals surface area contributed by atoms with Crippen LogP contribution in [0, 0.1) is 0 Å². The number of ether oxygens (including phenoxy) is 1. The highest BCUT2D eigenvalue weighted by atomic mass is 16.6. The van der Waals surface area contributed by atoms with Crippen LogP contribution in [0.25, 0.3) is 0 Å². The summed E-state index contributed by atoms with van der Waals surface area (Å²) in [7, 11) is 0. The van der Waals surface area contributed by atoms with Gasteiger partial charge in [0.2, 0.25) is 0 Å². The fraction of sp³-hybridized carbons (Fsp3) is 0.467. The van der Waals surface area contributed by atoms with Gasteiger partial charge >= 0.3 is 5.97 Å². The van der Waals surface area contributed by atoms with Crippen molar-refractivity contribution < 1.29 is 14.3 Å². The van der Waals surface area contributed by atoms with Crippen LogP contribution in [0.4, 0.5) is 0 Å². The molecule has 4 nitrogen and oxygen atoms in total. The molecule has 0 saturated carbocycles. The van der Waals surface area contributed by atoms with Crippen LogP contribution in [0.15, 0.2) is 24.3 Å². The molecule has 0 atom stereocenters. The molecule has 0 spiro atoms. The lowest BCUT2D eigenvalue weighted by Gasteiger charge is -2.19. The van der Waals surface area contributed by atoms with Crippen LogP contribution in [-0.4, -0.2) is 23.9 Å². The van der Waals surface area contributed by atoms with E-state index < -0.39 is 5.60 Å². The number of nitrogens with one attached hydrogen (secondary N) is 1. The van der Waals surface area contributed by atoms with Crippen LogP contribution < -0.4 is 5.32 Å². The molecule has 0 unspecified atom stereocenters. The van der Waals surface area contributed by atoms with Crippen LogP contribution in [0.5, 0.6) is 0 Å². The van der Waals surface area contributed by atoms with Crippen molar-refractivity contribution in [3.05, 3.63) is 35.4 Å². The van der Waals surface area contributed by atoms with Gasteiger partial charge in [0, 0.05) is 12.1 Å². The third kappa shape index (κ3) is 6.15. The number of benzene rings is 1. The summed E-state index contributed by atoms with van der Waals surface area (Å²) >= 11 is 0. The van der Waals surface area contributed by atoms with Gasteiger partial charge in [-0.05, 0) is 39.3 Å². The Balaban J connectivity index is 2.43. The Morgan fingerprint density at radius 2 is 1.95 bits per heavy atom. The number of carbonyl (C=O) groups is 2. The van der Waals surface area contributed by atoms with E-state index in [1.165, 1.54) is 6.92 Å². The number of carbonyl (C=O) groups excluding carboxylic acids is 2. The lowest BCUT2D eigenvalue weighted by molar-refractivity contribution is -0.153. The van der Waals surface area contributed by atoms with Crippen molar-refractivity contribution in [1.82, 2.24) is 5.32 Å². The first kappa shape index (κ1) is 15.4. The molecule has 0 radical (unpaired) electrons. The maximum atomic E-state index is 11.5. The van der Waals surface area contributed by atoms with Crippen molar-refractivity contribution in [2.24, 2.45) is 0 Å². The van der Waals surface area contributed by atoms with Gasteiger partial charge in [-0.3, -0.25) is 9.59 Å². The molecule has 0 fully saturated rings. The third-order valence-corrected chi connectivity index (χ3v) is 2.35. The highest BCUT2D eigenvalue weighted by molar-refractivity contribution is 5.94. The average molecular weight is 263 g/mol. The second-order valence-corrected chi connectivity index (χ2v) is 5.45. The van der Waals surface area contributed by atoms with E-state index >= 15 is 0 Å². The molecular weight excluding hydrogens is 242 g/mol. The minimum Gasteiger partial charge on any atom is -0.459 e. The minimum absolute atomic E-state index is 0.0361. The second kappa shape index (κ2) is 6.48. The molecule has 4 heteroatoms. The quantitative estimate of drug-likeness (QED) is 0.654. The van der Waals surface area contributed by atoms with Crippen LogP contribution in [0.1, 0.15) is 43.6 Å². The summed E-state index contributed by atoms with van der Waals surface area (Å²) in [6.45, 7) is 7.72. The van der Waals surface area contributed by atoms with Gasteiger partial charge in [-0.1, -0.05) is 18.2 Å². The van der Waals surface area contributed by atoms with Crippen molar-refractivity contribution in [2.75, 3.05) is 6.54 Å². The summed E-state index contributed by atoms with van der Waals surface area (Å²) in [5.41, 5.74) is 1.18. The van der Waals surface area contributed by atoms with E-state index in [-0.39, 0.29) is 18.3 Å². The number of hydrogen-bond donors (Lipinski definition) is 1. The van der Waals surface area contributed by atoms with Crippen molar-refractivity contribution in [1.29, 1.82) is 0 Å². The molecule has 0 aliphatic rings. The molecule has 0 aromatic heterocycles. The Labute approximate surface area is 114 Å².